The van der Waals surface area contributed by atoms with Crippen molar-refractivity contribution in [1.82, 2.24) is 0 Å². The molecule has 1 aromatic carbocycles. The fraction of sp³-hybridized carbons (Fsp3) is 0.500. The Bertz CT molecular complexity index is 311. The molecule has 1 rings (SSSR count). The summed E-state index contributed by atoms with van der Waals surface area (Å²) in [5.74, 6) is 0.303. The van der Waals surface area contributed by atoms with Gasteiger partial charge in [0.1, 0.15) is 11.6 Å². The van der Waals surface area contributed by atoms with Crippen molar-refractivity contribution in [2.75, 3.05) is 11.5 Å². The second kappa shape index (κ2) is 6.86. The number of aliphatic hydroxyl groups excluding tert-OH is 1. The highest BCUT2D eigenvalue weighted by Crippen LogP contribution is 2.16. The molecule has 1 N–H and O–H groups in total. The smallest absolute Gasteiger partial charge is 0.129 e. The largest absolute Gasteiger partial charge is 0.392 e. The quantitative estimate of drug-likeness (QED) is 0.779. The number of thioether (sulfide) groups is 1. The average Bonchev–Trinajstić information content (AvgIpc) is 2.24. The van der Waals surface area contributed by atoms with E-state index in [-0.39, 0.29) is 12.0 Å². The van der Waals surface area contributed by atoms with Crippen LogP contribution in [-0.4, -0.2) is 22.7 Å². The SMILES string of the molecule is CCCSCC(O)Cc1c(F)cccc1F. The first-order valence-corrected chi connectivity index (χ1v) is 6.49. The lowest BCUT2D eigenvalue weighted by molar-refractivity contribution is 0.197. The maximum Gasteiger partial charge on any atom is 0.129 e. The molecular formula is C12H16F2OS. The summed E-state index contributed by atoms with van der Waals surface area (Å²) in [5.41, 5.74) is -0.0212. The minimum atomic E-state index is -0.692. The van der Waals surface area contributed by atoms with Crippen molar-refractivity contribution < 1.29 is 13.9 Å². The summed E-state index contributed by atoms with van der Waals surface area (Å²) in [4.78, 5) is 0. The van der Waals surface area contributed by atoms with Crippen LogP contribution in [0.2, 0.25) is 0 Å². The molecule has 1 atom stereocenters. The Morgan fingerprint density at radius 2 is 1.94 bits per heavy atom. The molecule has 0 aliphatic carbocycles. The molecule has 0 amide bonds. The lowest BCUT2D eigenvalue weighted by atomic mass is 10.1. The van der Waals surface area contributed by atoms with Gasteiger partial charge >= 0.3 is 0 Å². The van der Waals surface area contributed by atoms with Crippen LogP contribution in [0.3, 0.4) is 0 Å². The molecule has 1 aromatic rings. The molecular weight excluding hydrogens is 230 g/mol. The summed E-state index contributed by atoms with van der Waals surface area (Å²) in [6.45, 7) is 2.05. The highest BCUT2D eigenvalue weighted by Gasteiger charge is 2.13. The summed E-state index contributed by atoms with van der Waals surface area (Å²) in [5, 5.41) is 9.62. The van der Waals surface area contributed by atoms with Gasteiger partial charge in [-0.05, 0) is 24.3 Å². The second-order valence-electron chi connectivity index (χ2n) is 3.63. The molecule has 0 aliphatic heterocycles. The van der Waals surface area contributed by atoms with E-state index in [1.807, 2.05) is 0 Å². The molecule has 0 aromatic heterocycles. The highest BCUT2D eigenvalue weighted by atomic mass is 32.2. The third-order valence-electron chi connectivity index (χ3n) is 2.16. The van der Waals surface area contributed by atoms with E-state index >= 15 is 0 Å². The molecule has 0 saturated carbocycles. The Kier molecular flexibility index (Phi) is 5.77. The van der Waals surface area contributed by atoms with Crippen molar-refractivity contribution >= 4 is 11.8 Å². The predicted molar refractivity (Wildman–Crippen MR) is 63.7 cm³/mol. The van der Waals surface area contributed by atoms with Crippen LogP contribution in [0.1, 0.15) is 18.9 Å². The summed E-state index contributed by atoms with van der Waals surface area (Å²) >= 11 is 1.60. The maximum atomic E-state index is 13.2. The van der Waals surface area contributed by atoms with E-state index < -0.39 is 17.7 Å². The Balaban J connectivity index is 2.52. The maximum absolute atomic E-state index is 13.2. The van der Waals surface area contributed by atoms with E-state index in [9.17, 15) is 13.9 Å². The third-order valence-corrected chi connectivity index (χ3v) is 3.48. The van der Waals surface area contributed by atoms with E-state index in [4.69, 9.17) is 0 Å². The number of aliphatic hydroxyl groups is 1. The monoisotopic (exact) mass is 246 g/mol. The highest BCUT2D eigenvalue weighted by molar-refractivity contribution is 7.99. The fourth-order valence-electron chi connectivity index (χ4n) is 1.39. The lowest BCUT2D eigenvalue weighted by Crippen LogP contribution is -2.16. The normalized spacial score (nSPS) is 12.8. The van der Waals surface area contributed by atoms with Crippen molar-refractivity contribution in [2.24, 2.45) is 0 Å². The first-order chi connectivity index (χ1) is 7.65. The van der Waals surface area contributed by atoms with Gasteiger partial charge in [0.05, 0.1) is 6.10 Å². The van der Waals surface area contributed by atoms with Crippen molar-refractivity contribution in [3.8, 4) is 0 Å². The molecule has 0 fully saturated rings. The minimum Gasteiger partial charge on any atom is -0.392 e. The topological polar surface area (TPSA) is 20.2 Å². The zero-order chi connectivity index (χ0) is 12.0. The first kappa shape index (κ1) is 13.5. The molecule has 0 heterocycles. The molecule has 16 heavy (non-hydrogen) atoms. The second-order valence-corrected chi connectivity index (χ2v) is 4.78. The van der Waals surface area contributed by atoms with Gasteiger partial charge in [0.2, 0.25) is 0 Å². The van der Waals surface area contributed by atoms with E-state index in [2.05, 4.69) is 6.92 Å². The third kappa shape index (κ3) is 4.10. The van der Waals surface area contributed by atoms with E-state index in [1.165, 1.54) is 18.2 Å². The van der Waals surface area contributed by atoms with Crippen LogP contribution in [-0.2, 0) is 6.42 Å². The van der Waals surface area contributed by atoms with Gasteiger partial charge in [-0.15, -0.1) is 0 Å². The minimum absolute atomic E-state index is 0.0212. The van der Waals surface area contributed by atoms with Gasteiger partial charge in [-0.3, -0.25) is 0 Å². The number of benzene rings is 1. The van der Waals surface area contributed by atoms with Crippen LogP contribution >= 0.6 is 11.8 Å². The molecule has 4 heteroatoms. The Labute approximate surface area is 98.9 Å². The molecule has 0 bridgehead atoms. The molecule has 0 aliphatic rings. The zero-order valence-electron chi connectivity index (χ0n) is 9.25. The van der Waals surface area contributed by atoms with E-state index in [1.54, 1.807) is 11.8 Å². The average molecular weight is 246 g/mol. The standard InChI is InChI=1S/C12H16F2OS/c1-2-6-16-8-9(15)7-10-11(13)4-3-5-12(10)14/h3-5,9,15H,2,6-8H2,1H3. The van der Waals surface area contributed by atoms with Gasteiger partial charge in [0.25, 0.3) is 0 Å². The molecule has 0 radical (unpaired) electrons. The van der Waals surface area contributed by atoms with Crippen LogP contribution in [0, 0.1) is 11.6 Å². The van der Waals surface area contributed by atoms with E-state index in [0.29, 0.717) is 5.75 Å². The fourth-order valence-corrected chi connectivity index (χ4v) is 2.23. The van der Waals surface area contributed by atoms with Gasteiger partial charge in [-0.1, -0.05) is 13.0 Å². The summed E-state index contributed by atoms with van der Waals surface area (Å²) in [7, 11) is 0. The number of hydrogen-bond acceptors (Lipinski definition) is 2. The van der Waals surface area contributed by atoms with Crippen LogP contribution in [0.4, 0.5) is 8.78 Å². The molecule has 0 saturated heterocycles. The summed E-state index contributed by atoms with van der Waals surface area (Å²) in [6, 6.07) is 3.75. The van der Waals surface area contributed by atoms with Crippen molar-refractivity contribution in [3.63, 3.8) is 0 Å². The van der Waals surface area contributed by atoms with Crippen LogP contribution in [0.15, 0.2) is 18.2 Å². The van der Waals surface area contributed by atoms with Gasteiger partial charge < -0.3 is 5.11 Å². The van der Waals surface area contributed by atoms with Crippen molar-refractivity contribution in [1.29, 1.82) is 0 Å². The van der Waals surface area contributed by atoms with Gasteiger partial charge in [0.15, 0.2) is 0 Å². The Morgan fingerprint density at radius 1 is 1.31 bits per heavy atom. The van der Waals surface area contributed by atoms with Gasteiger partial charge in [-0.2, -0.15) is 11.8 Å². The molecule has 90 valence electrons. The van der Waals surface area contributed by atoms with Gasteiger partial charge in [0, 0.05) is 17.7 Å². The number of rotatable bonds is 6. The van der Waals surface area contributed by atoms with Gasteiger partial charge in [-0.25, -0.2) is 8.78 Å². The first-order valence-electron chi connectivity index (χ1n) is 5.33. The summed E-state index contributed by atoms with van der Waals surface area (Å²) in [6.07, 6.45) is 0.378. The molecule has 1 unspecified atom stereocenters. The van der Waals surface area contributed by atoms with E-state index in [0.717, 1.165) is 12.2 Å². The van der Waals surface area contributed by atoms with Crippen LogP contribution in [0.25, 0.3) is 0 Å². The lowest BCUT2D eigenvalue weighted by Gasteiger charge is -2.11. The summed E-state index contributed by atoms with van der Waals surface area (Å²) < 4.78 is 26.5. The Morgan fingerprint density at radius 3 is 2.50 bits per heavy atom. The number of halogens is 2. The van der Waals surface area contributed by atoms with Crippen molar-refractivity contribution in [3.05, 3.63) is 35.4 Å². The van der Waals surface area contributed by atoms with Crippen LogP contribution < -0.4 is 0 Å². The number of hydrogen-bond donors (Lipinski definition) is 1. The predicted octanol–water partition coefficient (Wildman–Crippen LogP) is 3.01. The van der Waals surface area contributed by atoms with Crippen molar-refractivity contribution in [2.45, 2.75) is 25.9 Å². The molecule has 0 spiro atoms. The Hall–Kier alpha value is -0.610. The molecule has 1 nitrogen and oxygen atoms in total. The van der Waals surface area contributed by atoms with Crippen LogP contribution in [0.5, 0.6) is 0 Å². The zero-order valence-corrected chi connectivity index (χ0v) is 10.1.